The molecule has 2 rings (SSSR count). The van der Waals surface area contributed by atoms with Gasteiger partial charge in [-0.2, -0.15) is 0 Å². The molecule has 0 unspecified atom stereocenters. The summed E-state index contributed by atoms with van der Waals surface area (Å²) in [4.78, 5) is 12.1. The quantitative estimate of drug-likeness (QED) is 0.702. The van der Waals surface area contributed by atoms with Crippen LogP contribution in [0.25, 0.3) is 6.08 Å². The van der Waals surface area contributed by atoms with Gasteiger partial charge in [-0.1, -0.05) is 24.3 Å². The van der Waals surface area contributed by atoms with E-state index in [1.54, 1.807) is 19.1 Å². The number of hydrogen-bond acceptors (Lipinski definition) is 4. The lowest BCUT2D eigenvalue weighted by Gasteiger charge is -2.11. The van der Waals surface area contributed by atoms with E-state index < -0.39 is 28.0 Å². The third kappa shape index (κ3) is 6.95. The summed E-state index contributed by atoms with van der Waals surface area (Å²) in [5.74, 6) is -1.05. The molecule has 0 aliphatic carbocycles. The number of halogens is 3. The van der Waals surface area contributed by atoms with Gasteiger partial charge in [-0.05, 0) is 36.8 Å². The summed E-state index contributed by atoms with van der Waals surface area (Å²) >= 11 is 0. The van der Waals surface area contributed by atoms with Crippen LogP contribution in [0.4, 0.5) is 24.5 Å². The largest absolute Gasteiger partial charge is 0.573 e. The van der Waals surface area contributed by atoms with E-state index in [4.69, 9.17) is 0 Å². The minimum absolute atomic E-state index is 0.0679. The number of amides is 1. The Morgan fingerprint density at radius 2 is 1.82 bits per heavy atom. The van der Waals surface area contributed by atoms with Gasteiger partial charge in [-0.3, -0.25) is 9.52 Å². The number of carbonyl (C=O) groups excluding carboxylic acids is 1. The van der Waals surface area contributed by atoms with E-state index in [0.29, 0.717) is 16.9 Å². The lowest BCUT2D eigenvalue weighted by molar-refractivity contribution is -0.274. The summed E-state index contributed by atoms with van der Waals surface area (Å²) in [5, 5.41) is 2.51. The van der Waals surface area contributed by atoms with E-state index in [0.717, 1.165) is 18.4 Å². The second-order valence-electron chi connectivity index (χ2n) is 5.81. The van der Waals surface area contributed by atoms with Gasteiger partial charge in [0.15, 0.2) is 0 Å². The molecule has 0 spiro atoms. The highest BCUT2D eigenvalue weighted by atomic mass is 32.2. The molecule has 0 fully saturated rings. The van der Waals surface area contributed by atoms with Crippen LogP contribution in [0.5, 0.6) is 5.75 Å². The van der Waals surface area contributed by atoms with Crippen LogP contribution in [-0.4, -0.2) is 26.9 Å². The smallest absolute Gasteiger partial charge is 0.405 e. The Kier molecular flexibility index (Phi) is 6.34. The molecule has 6 nitrogen and oxygen atoms in total. The third-order valence-corrected chi connectivity index (χ3v) is 3.95. The number of aryl methyl sites for hydroxylation is 1. The van der Waals surface area contributed by atoms with Gasteiger partial charge in [0, 0.05) is 17.3 Å². The van der Waals surface area contributed by atoms with Gasteiger partial charge in [-0.25, -0.2) is 8.42 Å². The number of benzene rings is 2. The second-order valence-corrected chi connectivity index (χ2v) is 7.56. The normalized spacial score (nSPS) is 12.0. The maximum absolute atomic E-state index is 12.4. The first-order chi connectivity index (χ1) is 12.9. The lowest BCUT2D eigenvalue weighted by atomic mass is 10.1. The van der Waals surface area contributed by atoms with Gasteiger partial charge in [0.05, 0.1) is 11.9 Å². The van der Waals surface area contributed by atoms with Gasteiger partial charge in [0.2, 0.25) is 15.9 Å². The molecule has 0 saturated heterocycles. The highest BCUT2D eigenvalue weighted by Crippen LogP contribution is 2.27. The average molecular weight is 414 g/mol. The fourth-order valence-corrected chi connectivity index (χ4v) is 2.81. The minimum Gasteiger partial charge on any atom is -0.405 e. The second kappa shape index (κ2) is 8.34. The monoisotopic (exact) mass is 414 g/mol. The molecule has 150 valence electrons. The predicted molar refractivity (Wildman–Crippen MR) is 100 cm³/mol. The number of para-hydroxylation sites is 1. The molecular formula is C18H17F3N2O4S. The summed E-state index contributed by atoms with van der Waals surface area (Å²) in [6.45, 7) is 1.69. The molecule has 2 N–H and O–H groups in total. The van der Waals surface area contributed by atoms with Crippen LogP contribution in [-0.2, 0) is 14.8 Å². The lowest BCUT2D eigenvalue weighted by Crippen LogP contribution is -2.17. The molecule has 0 bridgehead atoms. The zero-order chi connectivity index (χ0) is 20.9. The molecule has 0 heterocycles. The minimum atomic E-state index is -4.85. The number of nitrogens with one attached hydrogen (secondary N) is 2. The van der Waals surface area contributed by atoms with Crippen molar-refractivity contribution in [2.45, 2.75) is 13.3 Å². The maximum atomic E-state index is 12.4. The molecule has 0 radical (unpaired) electrons. The Morgan fingerprint density at radius 1 is 1.14 bits per heavy atom. The maximum Gasteiger partial charge on any atom is 0.573 e. The standard InChI is InChI=1S/C18H17F3N2O4S/c1-12-7-9-14(11-15(12)23-28(2,25)26)22-17(24)10-8-13-5-3-4-6-16(13)27-18(19,20)21/h3-11,23H,1-2H3,(H,22,24)/b10-8+. The average Bonchev–Trinajstić information content (AvgIpc) is 2.54. The molecule has 1 amide bonds. The number of ether oxygens (including phenoxy) is 1. The molecule has 0 aliphatic heterocycles. The Hall–Kier alpha value is -3.01. The summed E-state index contributed by atoms with van der Waals surface area (Å²) in [5.41, 5.74) is 1.33. The molecule has 2 aromatic rings. The van der Waals surface area contributed by atoms with Crippen molar-refractivity contribution in [3.63, 3.8) is 0 Å². The third-order valence-electron chi connectivity index (χ3n) is 3.36. The van der Waals surface area contributed by atoms with Gasteiger partial charge in [-0.15, -0.1) is 13.2 Å². The van der Waals surface area contributed by atoms with Crippen molar-refractivity contribution in [3.8, 4) is 5.75 Å². The summed E-state index contributed by atoms with van der Waals surface area (Å²) in [6, 6.07) is 9.99. The Morgan fingerprint density at radius 3 is 2.46 bits per heavy atom. The van der Waals surface area contributed by atoms with Gasteiger partial charge < -0.3 is 10.1 Å². The number of carbonyl (C=O) groups is 1. The zero-order valence-corrected chi connectivity index (χ0v) is 15.7. The van der Waals surface area contributed by atoms with Crippen molar-refractivity contribution in [1.82, 2.24) is 0 Å². The molecule has 10 heteroatoms. The Balaban J connectivity index is 2.14. The zero-order valence-electron chi connectivity index (χ0n) is 14.9. The van der Waals surface area contributed by atoms with Crippen LogP contribution < -0.4 is 14.8 Å². The van der Waals surface area contributed by atoms with Crippen molar-refractivity contribution in [2.75, 3.05) is 16.3 Å². The predicted octanol–water partition coefficient (Wildman–Crippen LogP) is 3.92. The van der Waals surface area contributed by atoms with Crippen molar-refractivity contribution < 1.29 is 31.1 Å². The first-order valence-corrected chi connectivity index (χ1v) is 9.74. The Bertz CT molecular complexity index is 1000. The molecule has 0 saturated carbocycles. The summed E-state index contributed by atoms with van der Waals surface area (Å²) in [6.07, 6.45) is -1.62. The first kappa shape index (κ1) is 21.3. The molecular weight excluding hydrogens is 397 g/mol. The van der Waals surface area contributed by atoms with Crippen LogP contribution >= 0.6 is 0 Å². The number of anilines is 2. The van der Waals surface area contributed by atoms with Gasteiger partial charge >= 0.3 is 6.36 Å². The van der Waals surface area contributed by atoms with E-state index in [-0.39, 0.29) is 5.56 Å². The molecule has 0 atom stereocenters. The number of alkyl halides is 3. The van der Waals surface area contributed by atoms with Crippen LogP contribution in [0, 0.1) is 6.92 Å². The molecule has 0 aromatic heterocycles. The summed E-state index contributed by atoms with van der Waals surface area (Å²) in [7, 11) is -3.49. The number of rotatable bonds is 6. The van der Waals surface area contributed by atoms with E-state index in [1.807, 2.05) is 0 Å². The first-order valence-electron chi connectivity index (χ1n) is 7.85. The SMILES string of the molecule is Cc1ccc(NC(=O)/C=C/c2ccccc2OC(F)(F)F)cc1NS(C)(=O)=O. The highest BCUT2D eigenvalue weighted by molar-refractivity contribution is 7.92. The van der Waals surface area contributed by atoms with Gasteiger partial charge in [0.1, 0.15) is 5.75 Å². The highest BCUT2D eigenvalue weighted by Gasteiger charge is 2.31. The Labute approximate surface area is 160 Å². The fourth-order valence-electron chi connectivity index (χ4n) is 2.19. The van der Waals surface area contributed by atoms with Crippen LogP contribution in [0.1, 0.15) is 11.1 Å². The number of hydrogen-bond donors (Lipinski definition) is 2. The van der Waals surface area contributed by atoms with E-state index in [2.05, 4.69) is 14.8 Å². The molecule has 0 aliphatic rings. The van der Waals surface area contributed by atoms with Crippen LogP contribution in [0.15, 0.2) is 48.5 Å². The van der Waals surface area contributed by atoms with E-state index in [9.17, 15) is 26.4 Å². The van der Waals surface area contributed by atoms with E-state index in [1.165, 1.54) is 30.3 Å². The van der Waals surface area contributed by atoms with Crippen LogP contribution in [0.2, 0.25) is 0 Å². The van der Waals surface area contributed by atoms with E-state index >= 15 is 0 Å². The molecule has 2 aromatic carbocycles. The van der Waals surface area contributed by atoms with Crippen molar-refractivity contribution >= 4 is 33.4 Å². The fraction of sp³-hybridized carbons (Fsp3) is 0.167. The van der Waals surface area contributed by atoms with Crippen molar-refractivity contribution in [3.05, 3.63) is 59.7 Å². The summed E-state index contributed by atoms with van der Waals surface area (Å²) < 4.78 is 66.3. The van der Waals surface area contributed by atoms with Gasteiger partial charge in [0.25, 0.3) is 0 Å². The van der Waals surface area contributed by atoms with Crippen molar-refractivity contribution in [1.29, 1.82) is 0 Å². The van der Waals surface area contributed by atoms with Crippen molar-refractivity contribution in [2.24, 2.45) is 0 Å². The number of sulfonamides is 1. The van der Waals surface area contributed by atoms with Crippen LogP contribution in [0.3, 0.4) is 0 Å². The molecule has 28 heavy (non-hydrogen) atoms. The topological polar surface area (TPSA) is 84.5 Å².